The molecule has 0 saturated carbocycles. The first-order chi connectivity index (χ1) is 18.2. The standard InChI is InChI=1S/C29H39N3O6/c1-7-31(8-2)16-11-17-32-25(20-12-14-21(15-13-20)37-9-3)23(27(34)28(32)35)26(33)22-18(5)24(30-19(22)6)29(36)38-10-4/h12-15,25,30,33H,7-11,16-17H2,1-6H3/b26-23+. The first kappa shape index (κ1) is 29.0. The fourth-order valence-corrected chi connectivity index (χ4v) is 5.02. The summed E-state index contributed by atoms with van der Waals surface area (Å²) < 4.78 is 10.7. The molecule has 0 radical (unpaired) electrons. The number of esters is 1. The molecule has 1 aliphatic rings. The zero-order chi connectivity index (χ0) is 28.0. The second kappa shape index (κ2) is 12.8. The van der Waals surface area contributed by atoms with Crippen LogP contribution in [0.5, 0.6) is 5.75 Å². The van der Waals surface area contributed by atoms with Crippen molar-refractivity contribution in [1.82, 2.24) is 14.8 Å². The Morgan fingerprint density at radius 1 is 1.05 bits per heavy atom. The van der Waals surface area contributed by atoms with Crippen LogP contribution in [0.4, 0.5) is 0 Å². The Morgan fingerprint density at radius 3 is 2.29 bits per heavy atom. The molecular weight excluding hydrogens is 486 g/mol. The SMILES string of the molecule is CCOC(=O)c1[nH]c(C)c(/C(O)=C2\C(=O)C(=O)N(CCCN(CC)CC)C2c2ccc(OCC)cc2)c1C. The van der Waals surface area contributed by atoms with Gasteiger partial charge < -0.3 is 29.4 Å². The van der Waals surface area contributed by atoms with E-state index in [9.17, 15) is 19.5 Å². The molecule has 1 unspecified atom stereocenters. The van der Waals surface area contributed by atoms with Gasteiger partial charge in [0.25, 0.3) is 11.7 Å². The minimum Gasteiger partial charge on any atom is -0.507 e. The topological polar surface area (TPSA) is 112 Å². The summed E-state index contributed by atoms with van der Waals surface area (Å²) in [5.41, 5.74) is 2.18. The maximum atomic E-state index is 13.4. The number of benzene rings is 1. The summed E-state index contributed by atoms with van der Waals surface area (Å²) in [7, 11) is 0. The van der Waals surface area contributed by atoms with E-state index >= 15 is 0 Å². The molecule has 9 heteroatoms. The van der Waals surface area contributed by atoms with Crippen LogP contribution in [0.2, 0.25) is 0 Å². The number of aryl methyl sites for hydroxylation is 1. The summed E-state index contributed by atoms with van der Waals surface area (Å²) in [6.45, 7) is 14.8. The molecule has 1 aromatic heterocycles. The number of hydrogen-bond donors (Lipinski definition) is 2. The molecule has 1 aliphatic heterocycles. The van der Waals surface area contributed by atoms with Gasteiger partial charge in [-0.25, -0.2) is 4.79 Å². The van der Waals surface area contributed by atoms with Crippen molar-refractivity contribution >= 4 is 23.4 Å². The summed E-state index contributed by atoms with van der Waals surface area (Å²) in [4.78, 5) is 45.9. The molecule has 1 amide bonds. The fourth-order valence-electron chi connectivity index (χ4n) is 5.02. The normalized spacial score (nSPS) is 16.9. The van der Waals surface area contributed by atoms with Crippen LogP contribution in [-0.2, 0) is 14.3 Å². The van der Waals surface area contributed by atoms with Gasteiger partial charge >= 0.3 is 5.97 Å². The number of carbonyl (C=O) groups is 3. The van der Waals surface area contributed by atoms with Crippen molar-refractivity contribution in [2.75, 3.05) is 39.4 Å². The van der Waals surface area contributed by atoms with Gasteiger partial charge in [-0.3, -0.25) is 9.59 Å². The number of ketones is 1. The maximum absolute atomic E-state index is 13.4. The number of nitrogens with one attached hydrogen (secondary N) is 1. The van der Waals surface area contributed by atoms with Crippen LogP contribution in [0, 0.1) is 13.8 Å². The van der Waals surface area contributed by atoms with Crippen molar-refractivity contribution < 1.29 is 29.0 Å². The van der Waals surface area contributed by atoms with E-state index in [0.29, 0.717) is 47.7 Å². The highest BCUT2D eigenvalue weighted by atomic mass is 16.5. The first-order valence-corrected chi connectivity index (χ1v) is 13.3. The monoisotopic (exact) mass is 525 g/mol. The Hall–Kier alpha value is -3.59. The van der Waals surface area contributed by atoms with Gasteiger partial charge in [-0.05, 0) is 77.0 Å². The van der Waals surface area contributed by atoms with Crippen molar-refractivity contribution in [1.29, 1.82) is 0 Å². The molecule has 206 valence electrons. The van der Waals surface area contributed by atoms with E-state index in [4.69, 9.17) is 9.47 Å². The number of carbonyl (C=O) groups excluding carboxylic acids is 3. The number of aromatic nitrogens is 1. The van der Waals surface area contributed by atoms with E-state index in [0.717, 1.165) is 19.6 Å². The third-order valence-electron chi connectivity index (χ3n) is 6.97. The molecule has 1 saturated heterocycles. The number of ether oxygens (including phenoxy) is 2. The predicted octanol–water partition coefficient (Wildman–Crippen LogP) is 4.36. The van der Waals surface area contributed by atoms with E-state index in [2.05, 4.69) is 23.7 Å². The van der Waals surface area contributed by atoms with Crippen molar-refractivity contribution in [3.05, 3.63) is 57.9 Å². The quantitative estimate of drug-likeness (QED) is 0.183. The third-order valence-corrected chi connectivity index (χ3v) is 6.97. The predicted molar refractivity (Wildman–Crippen MR) is 145 cm³/mol. The lowest BCUT2D eigenvalue weighted by atomic mass is 9.94. The van der Waals surface area contributed by atoms with Crippen molar-refractivity contribution in [2.45, 2.75) is 54.0 Å². The molecule has 1 fully saturated rings. The number of hydrogen-bond acceptors (Lipinski definition) is 7. The smallest absolute Gasteiger partial charge is 0.355 e. The van der Waals surface area contributed by atoms with Crippen molar-refractivity contribution in [3.63, 3.8) is 0 Å². The van der Waals surface area contributed by atoms with Gasteiger partial charge in [-0.2, -0.15) is 0 Å². The molecule has 1 atom stereocenters. The van der Waals surface area contributed by atoms with Crippen LogP contribution in [0.3, 0.4) is 0 Å². The van der Waals surface area contributed by atoms with Crippen molar-refractivity contribution in [3.8, 4) is 5.75 Å². The van der Waals surface area contributed by atoms with Gasteiger partial charge in [0.05, 0.1) is 24.8 Å². The molecule has 2 aromatic rings. The highest BCUT2D eigenvalue weighted by Gasteiger charge is 2.46. The second-order valence-corrected chi connectivity index (χ2v) is 9.22. The lowest BCUT2D eigenvalue weighted by Crippen LogP contribution is -2.33. The molecule has 0 bridgehead atoms. The highest BCUT2D eigenvalue weighted by molar-refractivity contribution is 6.46. The number of H-pyrrole nitrogens is 1. The van der Waals surface area contributed by atoms with Crippen molar-refractivity contribution in [2.24, 2.45) is 0 Å². The number of aromatic amines is 1. The van der Waals surface area contributed by atoms with Crippen LogP contribution in [-0.4, -0.2) is 76.9 Å². The summed E-state index contributed by atoms with van der Waals surface area (Å²) in [6, 6.07) is 6.43. The Bertz CT molecular complexity index is 1190. The third kappa shape index (κ3) is 5.78. The number of amides is 1. The summed E-state index contributed by atoms with van der Waals surface area (Å²) in [5, 5.41) is 11.5. The molecule has 1 aromatic carbocycles. The Labute approximate surface area is 224 Å². The largest absolute Gasteiger partial charge is 0.507 e. The number of likely N-dealkylation sites (tertiary alicyclic amines) is 1. The molecule has 0 spiro atoms. The Morgan fingerprint density at radius 2 is 1.71 bits per heavy atom. The van der Waals surface area contributed by atoms with Gasteiger partial charge in [0, 0.05) is 17.8 Å². The lowest BCUT2D eigenvalue weighted by Gasteiger charge is -2.27. The number of rotatable bonds is 12. The zero-order valence-corrected chi connectivity index (χ0v) is 23.2. The minimum absolute atomic E-state index is 0.00241. The van der Waals surface area contributed by atoms with E-state index in [1.54, 1.807) is 32.9 Å². The van der Waals surface area contributed by atoms with Gasteiger partial charge in [-0.15, -0.1) is 0 Å². The van der Waals surface area contributed by atoms with Gasteiger partial charge in [0.15, 0.2) is 0 Å². The van der Waals surface area contributed by atoms with Crippen LogP contribution < -0.4 is 4.74 Å². The number of Topliss-reactive ketones (excluding diaryl/α,β-unsaturated/α-hetero) is 1. The van der Waals surface area contributed by atoms with E-state index in [1.165, 1.54) is 4.90 Å². The Kier molecular flexibility index (Phi) is 9.74. The number of nitrogens with zero attached hydrogens (tertiary/aromatic N) is 2. The average molecular weight is 526 g/mol. The van der Waals surface area contributed by atoms with E-state index in [1.807, 2.05) is 19.1 Å². The van der Waals surface area contributed by atoms with E-state index in [-0.39, 0.29) is 23.6 Å². The number of aliphatic hydroxyl groups is 1. The van der Waals surface area contributed by atoms with Crippen LogP contribution in [0.25, 0.3) is 5.76 Å². The second-order valence-electron chi connectivity index (χ2n) is 9.22. The zero-order valence-electron chi connectivity index (χ0n) is 23.2. The maximum Gasteiger partial charge on any atom is 0.355 e. The molecule has 0 aliphatic carbocycles. The molecule has 9 nitrogen and oxygen atoms in total. The van der Waals surface area contributed by atoms with Crippen LogP contribution in [0.15, 0.2) is 29.8 Å². The molecule has 38 heavy (non-hydrogen) atoms. The summed E-state index contributed by atoms with van der Waals surface area (Å²) in [6.07, 6.45) is 0.678. The minimum atomic E-state index is -0.776. The van der Waals surface area contributed by atoms with Gasteiger partial charge in [-0.1, -0.05) is 26.0 Å². The summed E-state index contributed by atoms with van der Waals surface area (Å²) in [5.74, 6) is -1.59. The van der Waals surface area contributed by atoms with Crippen LogP contribution >= 0.6 is 0 Å². The van der Waals surface area contributed by atoms with E-state index < -0.39 is 23.7 Å². The fraction of sp³-hybridized carbons (Fsp3) is 0.483. The molecular formula is C29H39N3O6. The summed E-state index contributed by atoms with van der Waals surface area (Å²) >= 11 is 0. The Balaban J connectivity index is 2.11. The van der Waals surface area contributed by atoms with Crippen LogP contribution in [0.1, 0.15) is 73.0 Å². The first-order valence-electron chi connectivity index (χ1n) is 13.3. The van der Waals surface area contributed by atoms with Gasteiger partial charge in [0.1, 0.15) is 17.2 Å². The highest BCUT2D eigenvalue weighted by Crippen LogP contribution is 2.41. The molecule has 2 N–H and O–H groups in total. The molecule has 2 heterocycles. The van der Waals surface area contributed by atoms with Gasteiger partial charge in [0.2, 0.25) is 0 Å². The average Bonchev–Trinajstić information content (AvgIpc) is 3.34. The molecule has 3 rings (SSSR count). The lowest BCUT2D eigenvalue weighted by molar-refractivity contribution is -0.140. The number of aliphatic hydroxyl groups excluding tert-OH is 1.